The lowest BCUT2D eigenvalue weighted by Crippen LogP contribution is -2.33. The van der Waals surface area contributed by atoms with E-state index < -0.39 is 10.2 Å². The minimum absolute atomic E-state index is 0.198. The van der Waals surface area contributed by atoms with Gasteiger partial charge in [0.1, 0.15) is 0 Å². The predicted molar refractivity (Wildman–Crippen MR) is 77.5 cm³/mol. The first kappa shape index (κ1) is 14.5. The molecular formula is C11H8Cl5NO. The van der Waals surface area contributed by atoms with Crippen LogP contribution < -0.4 is 4.90 Å². The molecule has 1 aliphatic heterocycles. The number of carbonyl (C=O) groups excluding carboxylic acids is 1. The van der Waals surface area contributed by atoms with Crippen molar-refractivity contribution in [2.75, 3.05) is 17.3 Å². The smallest absolute Gasteiger partial charge is 0.263 e. The van der Waals surface area contributed by atoms with E-state index in [4.69, 9.17) is 58.0 Å². The number of benzene rings is 1. The summed E-state index contributed by atoms with van der Waals surface area (Å²) in [6.45, 7) is 0.339. The zero-order chi connectivity index (χ0) is 13.5. The van der Waals surface area contributed by atoms with Crippen LogP contribution in [0.2, 0.25) is 10.0 Å². The zero-order valence-electron chi connectivity index (χ0n) is 8.97. The molecule has 1 heterocycles. The van der Waals surface area contributed by atoms with E-state index in [1.54, 1.807) is 18.2 Å². The van der Waals surface area contributed by atoms with E-state index in [1.807, 2.05) is 0 Å². The molecule has 1 fully saturated rings. The van der Waals surface area contributed by atoms with Crippen LogP contribution in [0.3, 0.4) is 0 Å². The summed E-state index contributed by atoms with van der Waals surface area (Å²) in [6, 6.07) is 4.85. The molecule has 1 saturated heterocycles. The van der Waals surface area contributed by atoms with E-state index in [0.29, 0.717) is 22.3 Å². The Kier molecular flexibility index (Phi) is 4.25. The van der Waals surface area contributed by atoms with E-state index in [2.05, 4.69) is 0 Å². The lowest BCUT2D eigenvalue weighted by atomic mass is 10.1. The molecule has 0 aromatic heterocycles. The molecule has 1 aliphatic rings. The second-order valence-electron chi connectivity index (χ2n) is 4.02. The Balaban J connectivity index is 2.38. The van der Waals surface area contributed by atoms with Gasteiger partial charge in [-0.25, -0.2) is 0 Å². The molecule has 0 spiro atoms. The minimum Gasteiger partial charge on any atom is -0.309 e. The van der Waals surface area contributed by atoms with Gasteiger partial charge < -0.3 is 4.90 Å². The quantitative estimate of drug-likeness (QED) is 0.728. The first-order valence-electron chi connectivity index (χ1n) is 5.08. The summed E-state index contributed by atoms with van der Waals surface area (Å²) in [6.07, 6.45) is 0. The van der Waals surface area contributed by atoms with E-state index in [1.165, 1.54) is 4.90 Å². The molecular weight excluding hydrogens is 339 g/mol. The lowest BCUT2D eigenvalue weighted by Gasteiger charge is -2.17. The van der Waals surface area contributed by atoms with Crippen molar-refractivity contribution in [1.82, 2.24) is 0 Å². The summed E-state index contributed by atoms with van der Waals surface area (Å²) in [5, 5.41) is 0.878. The normalized spacial score (nSPS) is 22.6. The van der Waals surface area contributed by atoms with Gasteiger partial charge in [0.15, 0.2) is 0 Å². The van der Waals surface area contributed by atoms with E-state index in [-0.39, 0.29) is 11.8 Å². The third-order valence-electron chi connectivity index (χ3n) is 2.79. The van der Waals surface area contributed by atoms with Gasteiger partial charge in [-0.05, 0) is 18.2 Å². The Labute approximate surface area is 130 Å². The van der Waals surface area contributed by atoms with Crippen LogP contribution >= 0.6 is 58.0 Å². The van der Waals surface area contributed by atoms with Gasteiger partial charge in [-0.15, -0.1) is 11.6 Å². The highest BCUT2D eigenvalue weighted by atomic mass is 35.5. The van der Waals surface area contributed by atoms with Gasteiger partial charge in [0.2, 0.25) is 4.33 Å². The largest absolute Gasteiger partial charge is 0.309 e. The SMILES string of the molecule is O=C1N(c2cc(Cl)cc(Cl)c2)CC(CCl)C1(Cl)Cl. The number of anilines is 1. The van der Waals surface area contributed by atoms with Crippen LogP contribution in [0.25, 0.3) is 0 Å². The summed E-state index contributed by atoms with van der Waals surface area (Å²) in [5.41, 5.74) is 0.566. The summed E-state index contributed by atoms with van der Waals surface area (Å²) < 4.78 is -1.50. The molecule has 0 radical (unpaired) electrons. The van der Waals surface area contributed by atoms with Crippen LogP contribution in [0.4, 0.5) is 5.69 Å². The third-order valence-corrected chi connectivity index (χ3v) is 4.54. The third kappa shape index (κ3) is 2.54. The molecule has 18 heavy (non-hydrogen) atoms. The molecule has 1 amide bonds. The number of halogens is 5. The summed E-state index contributed by atoms with van der Waals surface area (Å²) in [5.74, 6) is -0.550. The second-order valence-corrected chi connectivity index (χ2v) is 6.58. The molecule has 1 aromatic rings. The predicted octanol–water partition coefficient (Wildman–Crippen LogP) is 4.37. The molecule has 2 rings (SSSR count). The zero-order valence-corrected chi connectivity index (χ0v) is 12.7. The molecule has 7 heteroatoms. The van der Waals surface area contributed by atoms with Gasteiger partial charge in [0, 0.05) is 34.1 Å². The number of hydrogen-bond acceptors (Lipinski definition) is 1. The van der Waals surface area contributed by atoms with Gasteiger partial charge in [-0.3, -0.25) is 4.79 Å². The maximum atomic E-state index is 12.1. The lowest BCUT2D eigenvalue weighted by molar-refractivity contribution is -0.117. The average Bonchev–Trinajstić information content (AvgIpc) is 2.49. The maximum absolute atomic E-state index is 12.1. The van der Waals surface area contributed by atoms with Crippen molar-refractivity contribution in [2.45, 2.75) is 4.33 Å². The fourth-order valence-electron chi connectivity index (χ4n) is 1.84. The highest BCUT2D eigenvalue weighted by Gasteiger charge is 2.51. The average molecular weight is 347 g/mol. The van der Waals surface area contributed by atoms with Crippen LogP contribution in [-0.4, -0.2) is 22.7 Å². The van der Waals surface area contributed by atoms with Gasteiger partial charge in [0.05, 0.1) is 0 Å². The Morgan fingerprint density at radius 3 is 2.22 bits per heavy atom. The first-order chi connectivity index (χ1) is 8.36. The van der Waals surface area contributed by atoms with Gasteiger partial charge in [-0.2, -0.15) is 0 Å². The van der Waals surface area contributed by atoms with Crippen molar-refractivity contribution in [1.29, 1.82) is 0 Å². The number of hydrogen-bond donors (Lipinski definition) is 0. The number of rotatable bonds is 2. The summed E-state index contributed by atoms with van der Waals surface area (Å²) in [4.78, 5) is 13.6. The number of carbonyl (C=O) groups is 1. The van der Waals surface area contributed by atoms with Crippen LogP contribution in [0.15, 0.2) is 18.2 Å². The van der Waals surface area contributed by atoms with E-state index in [0.717, 1.165) is 0 Å². The Bertz CT molecular complexity index is 470. The topological polar surface area (TPSA) is 20.3 Å². The maximum Gasteiger partial charge on any atom is 0.263 e. The molecule has 0 saturated carbocycles. The van der Waals surface area contributed by atoms with Crippen LogP contribution in [-0.2, 0) is 4.79 Å². The molecule has 0 bridgehead atoms. The van der Waals surface area contributed by atoms with Crippen LogP contribution in [0.1, 0.15) is 0 Å². The second kappa shape index (κ2) is 5.26. The monoisotopic (exact) mass is 345 g/mol. The molecule has 0 aliphatic carbocycles. The fourth-order valence-corrected chi connectivity index (χ4v) is 3.33. The van der Waals surface area contributed by atoms with Gasteiger partial charge in [0.25, 0.3) is 5.91 Å². The Hall–Kier alpha value is 0.140. The van der Waals surface area contributed by atoms with Crippen LogP contribution in [0, 0.1) is 5.92 Å². The molecule has 98 valence electrons. The summed E-state index contributed by atoms with van der Waals surface area (Å²) in [7, 11) is 0. The Morgan fingerprint density at radius 1 is 1.22 bits per heavy atom. The Morgan fingerprint density at radius 2 is 1.78 bits per heavy atom. The number of nitrogens with zero attached hydrogens (tertiary/aromatic N) is 1. The van der Waals surface area contributed by atoms with E-state index in [9.17, 15) is 4.79 Å². The molecule has 1 atom stereocenters. The fraction of sp³-hybridized carbons (Fsp3) is 0.364. The van der Waals surface area contributed by atoms with Crippen molar-refractivity contribution in [3.8, 4) is 0 Å². The van der Waals surface area contributed by atoms with Crippen molar-refractivity contribution < 1.29 is 4.79 Å². The molecule has 1 aromatic carbocycles. The van der Waals surface area contributed by atoms with Crippen molar-refractivity contribution in [3.63, 3.8) is 0 Å². The number of amides is 1. The molecule has 1 unspecified atom stereocenters. The van der Waals surface area contributed by atoms with Crippen molar-refractivity contribution in [2.24, 2.45) is 5.92 Å². The van der Waals surface area contributed by atoms with E-state index >= 15 is 0 Å². The molecule has 0 N–H and O–H groups in total. The van der Waals surface area contributed by atoms with Gasteiger partial charge >= 0.3 is 0 Å². The highest BCUT2D eigenvalue weighted by Crippen LogP contribution is 2.42. The van der Waals surface area contributed by atoms with Crippen molar-refractivity contribution >= 4 is 69.6 Å². The van der Waals surface area contributed by atoms with Crippen molar-refractivity contribution in [3.05, 3.63) is 28.2 Å². The molecule has 2 nitrogen and oxygen atoms in total. The highest BCUT2D eigenvalue weighted by molar-refractivity contribution is 6.60. The van der Waals surface area contributed by atoms with Gasteiger partial charge in [-0.1, -0.05) is 46.4 Å². The number of alkyl halides is 3. The summed E-state index contributed by atoms with van der Waals surface area (Å²) >= 11 is 29.6. The minimum atomic E-state index is -1.50. The first-order valence-corrected chi connectivity index (χ1v) is 7.12. The van der Waals surface area contributed by atoms with Crippen LogP contribution in [0.5, 0.6) is 0 Å². The standard InChI is InChI=1S/C11H8Cl5NO/c12-4-6-5-17(10(18)11(6,15)16)9-2-7(13)1-8(14)3-9/h1-3,6H,4-5H2.